The van der Waals surface area contributed by atoms with Gasteiger partial charge in [0.2, 0.25) is 0 Å². The molecular weight excluding hydrogens is 461 g/mol. The molecule has 8 nitrogen and oxygen atoms in total. The van der Waals surface area contributed by atoms with Crippen LogP contribution in [0.2, 0.25) is 0 Å². The lowest BCUT2D eigenvalue weighted by Gasteiger charge is -2.16. The summed E-state index contributed by atoms with van der Waals surface area (Å²) in [6, 6.07) is 13.8. The monoisotopic (exact) mass is 487 g/mol. The van der Waals surface area contributed by atoms with E-state index in [1.54, 1.807) is 15.5 Å². The number of aromatic nitrogens is 2. The van der Waals surface area contributed by atoms with E-state index < -0.39 is 11.8 Å². The summed E-state index contributed by atoms with van der Waals surface area (Å²) in [6.07, 6.45) is 2.84. The van der Waals surface area contributed by atoms with Crippen molar-refractivity contribution in [1.82, 2.24) is 14.5 Å². The molecule has 3 aromatic rings. The second-order valence-electron chi connectivity index (χ2n) is 9.43. The highest BCUT2D eigenvalue weighted by Gasteiger charge is 2.31. The maximum absolute atomic E-state index is 14.6. The van der Waals surface area contributed by atoms with Crippen molar-refractivity contribution in [2.75, 3.05) is 13.1 Å². The van der Waals surface area contributed by atoms with Gasteiger partial charge in [0.1, 0.15) is 17.7 Å². The summed E-state index contributed by atoms with van der Waals surface area (Å²) >= 11 is 0. The van der Waals surface area contributed by atoms with Crippen LogP contribution in [0.5, 0.6) is 0 Å². The predicted molar refractivity (Wildman–Crippen MR) is 130 cm³/mol. The van der Waals surface area contributed by atoms with Crippen molar-refractivity contribution in [1.29, 1.82) is 5.26 Å². The number of rotatable bonds is 7. The van der Waals surface area contributed by atoms with Crippen molar-refractivity contribution in [3.8, 4) is 23.1 Å². The predicted octanol–water partition coefficient (Wildman–Crippen LogP) is 3.62. The van der Waals surface area contributed by atoms with Gasteiger partial charge in [-0.15, -0.1) is 0 Å². The van der Waals surface area contributed by atoms with E-state index in [1.165, 1.54) is 17.7 Å². The van der Waals surface area contributed by atoms with E-state index in [4.69, 9.17) is 11.0 Å². The van der Waals surface area contributed by atoms with Gasteiger partial charge >= 0.3 is 5.97 Å². The number of imidazole rings is 1. The van der Waals surface area contributed by atoms with Crippen LogP contribution < -0.4 is 5.73 Å². The van der Waals surface area contributed by atoms with Crippen LogP contribution >= 0.6 is 0 Å². The number of likely N-dealkylation sites (tertiary alicyclic amines) is 1. The first-order valence-electron chi connectivity index (χ1n) is 12.0. The lowest BCUT2D eigenvalue weighted by Crippen LogP contribution is -2.32. The number of benzene rings is 2. The molecule has 5 rings (SSSR count). The molecule has 2 fully saturated rings. The highest BCUT2D eigenvalue weighted by Crippen LogP contribution is 2.40. The average molecular weight is 488 g/mol. The number of nitrogens with zero attached hydrogens (tertiary/aromatic N) is 4. The van der Waals surface area contributed by atoms with Gasteiger partial charge in [-0.3, -0.25) is 14.2 Å². The van der Waals surface area contributed by atoms with E-state index in [9.17, 15) is 19.1 Å². The minimum atomic E-state index is -1.00. The molecule has 2 heterocycles. The van der Waals surface area contributed by atoms with Crippen LogP contribution in [0.25, 0.3) is 17.1 Å². The molecule has 3 N–H and O–H groups in total. The molecule has 0 bridgehead atoms. The van der Waals surface area contributed by atoms with Gasteiger partial charge in [-0.1, -0.05) is 12.1 Å². The molecule has 0 unspecified atom stereocenters. The van der Waals surface area contributed by atoms with Crippen LogP contribution in [0.15, 0.2) is 42.5 Å². The molecule has 1 aliphatic heterocycles. The van der Waals surface area contributed by atoms with E-state index >= 15 is 0 Å². The molecule has 9 heteroatoms. The Bertz CT molecular complexity index is 1370. The molecule has 1 aliphatic carbocycles. The van der Waals surface area contributed by atoms with E-state index in [0.717, 1.165) is 12.8 Å². The number of amides is 1. The Morgan fingerprint density at radius 2 is 1.92 bits per heavy atom. The third kappa shape index (κ3) is 4.60. The minimum Gasteiger partial charge on any atom is -0.481 e. The van der Waals surface area contributed by atoms with Gasteiger partial charge < -0.3 is 15.7 Å². The Morgan fingerprint density at radius 3 is 2.50 bits per heavy atom. The van der Waals surface area contributed by atoms with E-state index in [-0.39, 0.29) is 36.0 Å². The van der Waals surface area contributed by atoms with Gasteiger partial charge in [-0.25, -0.2) is 9.37 Å². The fourth-order valence-corrected chi connectivity index (χ4v) is 4.73. The van der Waals surface area contributed by atoms with Crippen molar-refractivity contribution in [3.63, 3.8) is 0 Å². The molecule has 1 saturated heterocycles. The highest BCUT2D eigenvalue weighted by molar-refractivity contribution is 5.95. The number of carboxylic acid groups (broad SMARTS) is 1. The van der Waals surface area contributed by atoms with Crippen molar-refractivity contribution in [3.05, 3.63) is 70.8 Å². The molecule has 1 saturated carbocycles. The Hall–Kier alpha value is -4.03. The number of hydrogen-bond acceptors (Lipinski definition) is 5. The molecule has 184 valence electrons. The van der Waals surface area contributed by atoms with Crippen LogP contribution in [0.4, 0.5) is 4.39 Å². The lowest BCUT2D eigenvalue weighted by molar-refractivity contribution is -0.137. The fourth-order valence-electron chi connectivity index (χ4n) is 4.73. The maximum Gasteiger partial charge on any atom is 0.303 e. The summed E-state index contributed by atoms with van der Waals surface area (Å²) < 4.78 is 16.3. The number of nitriles is 1. The zero-order chi connectivity index (χ0) is 25.4. The third-order valence-corrected chi connectivity index (χ3v) is 6.81. The zero-order valence-electron chi connectivity index (χ0n) is 19.7. The molecule has 0 spiro atoms. The molecule has 1 amide bonds. The average Bonchev–Trinajstić information content (AvgIpc) is 3.52. The molecule has 2 aliphatic rings. The van der Waals surface area contributed by atoms with Gasteiger partial charge in [0.05, 0.1) is 17.7 Å². The molecule has 36 heavy (non-hydrogen) atoms. The van der Waals surface area contributed by atoms with Crippen molar-refractivity contribution >= 4 is 11.9 Å². The maximum atomic E-state index is 14.6. The summed E-state index contributed by atoms with van der Waals surface area (Å²) in [5.41, 5.74) is 8.80. The Kier molecular flexibility index (Phi) is 6.29. The van der Waals surface area contributed by atoms with E-state index in [0.29, 0.717) is 48.2 Å². The van der Waals surface area contributed by atoms with Crippen LogP contribution in [-0.2, 0) is 11.2 Å². The van der Waals surface area contributed by atoms with Gasteiger partial charge in [0.25, 0.3) is 5.91 Å². The van der Waals surface area contributed by atoms with Crippen LogP contribution in [0.3, 0.4) is 0 Å². The Labute approximate surface area is 207 Å². The number of carbonyl (C=O) groups excluding carboxylic acids is 1. The summed E-state index contributed by atoms with van der Waals surface area (Å²) in [5.74, 6) is -1.16. The molecule has 2 aromatic carbocycles. The first-order chi connectivity index (χ1) is 17.4. The van der Waals surface area contributed by atoms with E-state index in [1.807, 2.05) is 30.3 Å². The van der Waals surface area contributed by atoms with Crippen LogP contribution in [-0.4, -0.2) is 50.6 Å². The normalized spacial score (nSPS) is 17.2. The number of hydrogen-bond donors (Lipinski definition) is 2. The standard InChI is InChI=1S/C27H26FN5O3/c28-22-13-18(3-4-19(22)14-29)26-31-25(27(36)32-12-11-20(30)15-32)23(9-10-24(34)35)33(26)21-7-5-17(6-8-21)16-1-2-16/h3-8,13,16,20H,1-2,9-12,15,30H2,(H,34,35)/t20-/m0/s1. The number of nitrogens with two attached hydrogens (primary N) is 1. The molecular formula is C27H26FN5O3. The zero-order valence-corrected chi connectivity index (χ0v) is 19.7. The van der Waals surface area contributed by atoms with Crippen LogP contribution in [0, 0.1) is 17.1 Å². The topological polar surface area (TPSA) is 125 Å². The fraction of sp³-hybridized carbons (Fsp3) is 0.333. The van der Waals surface area contributed by atoms with Crippen molar-refractivity contribution in [2.24, 2.45) is 5.73 Å². The van der Waals surface area contributed by atoms with Gasteiger partial charge in [0.15, 0.2) is 5.69 Å². The Balaban J connectivity index is 1.68. The first-order valence-corrected chi connectivity index (χ1v) is 12.0. The molecule has 1 aromatic heterocycles. The van der Waals surface area contributed by atoms with Crippen molar-refractivity contribution < 1.29 is 19.1 Å². The summed E-state index contributed by atoms with van der Waals surface area (Å²) in [4.78, 5) is 31.3. The smallest absolute Gasteiger partial charge is 0.303 e. The number of carbonyl (C=O) groups is 2. The number of carboxylic acids is 1. The van der Waals surface area contributed by atoms with Gasteiger partial charge in [-0.05, 0) is 61.1 Å². The number of aliphatic carboxylic acids is 1. The largest absolute Gasteiger partial charge is 0.481 e. The first kappa shape index (κ1) is 23.7. The second-order valence-corrected chi connectivity index (χ2v) is 9.43. The summed E-state index contributed by atoms with van der Waals surface area (Å²) in [6.45, 7) is 0.878. The van der Waals surface area contributed by atoms with Gasteiger partial charge in [0, 0.05) is 36.8 Å². The minimum absolute atomic E-state index is 0.0619. The third-order valence-electron chi connectivity index (χ3n) is 6.81. The highest BCUT2D eigenvalue weighted by atomic mass is 19.1. The van der Waals surface area contributed by atoms with E-state index in [2.05, 4.69) is 4.98 Å². The van der Waals surface area contributed by atoms with Crippen LogP contribution in [0.1, 0.15) is 58.9 Å². The number of halogens is 1. The summed E-state index contributed by atoms with van der Waals surface area (Å²) in [5, 5.41) is 18.6. The summed E-state index contributed by atoms with van der Waals surface area (Å²) in [7, 11) is 0. The quantitative estimate of drug-likeness (QED) is 0.524. The van der Waals surface area contributed by atoms with Crippen molar-refractivity contribution in [2.45, 2.75) is 44.1 Å². The lowest BCUT2D eigenvalue weighted by atomic mass is 10.1. The van der Waals surface area contributed by atoms with Gasteiger partial charge in [-0.2, -0.15) is 5.26 Å². The Morgan fingerprint density at radius 1 is 1.17 bits per heavy atom. The molecule has 0 radical (unpaired) electrons. The second kappa shape index (κ2) is 9.55. The SMILES string of the molecule is N#Cc1ccc(-c2nc(C(=O)N3CC[C@H](N)C3)c(CCC(=O)O)n2-c2ccc(C3CC3)cc2)cc1F. The molecule has 1 atom stereocenters.